The van der Waals surface area contributed by atoms with Crippen LogP contribution in [0.3, 0.4) is 0 Å². The molecule has 134 valence electrons. The van der Waals surface area contributed by atoms with Crippen molar-refractivity contribution in [2.24, 2.45) is 5.92 Å². The summed E-state index contributed by atoms with van der Waals surface area (Å²) >= 11 is 0. The standard InChI is InChI=1S/C20H20FN3O2/c1-13(2)11-23-19(25)16-10-14-7-5-9-22-18(14)24(20(16)26)12-15-6-3-4-8-17(15)21/h3-10,13H,11-12H2,1-2H3,(H,23,25). The average molecular weight is 353 g/mol. The van der Waals surface area contributed by atoms with Crippen LogP contribution in [0.15, 0.2) is 53.5 Å². The molecular formula is C20H20FN3O2. The van der Waals surface area contributed by atoms with Crippen LogP contribution in [-0.4, -0.2) is 22.0 Å². The van der Waals surface area contributed by atoms with Crippen LogP contribution in [0.5, 0.6) is 0 Å². The summed E-state index contributed by atoms with van der Waals surface area (Å²) in [6, 6.07) is 11.3. The van der Waals surface area contributed by atoms with Gasteiger partial charge in [-0.2, -0.15) is 0 Å². The number of hydrogen-bond donors (Lipinski definition) is 1. The number of aromatic nitrogens is 2. The van der Waals surface area contributed by atoms with Crippen molar-refractivity contribution < 1.29 is 9.18 Å². The lowest BCUT2D eigenvalue weighted by molar-refractivity contribution is 0.0947. The summed E-state index contributed by atoms with van der Waals surface area (Å²) < 4.78 is 15.4. The molecule has 0 unspecified atom stereocenters. The van der Waals surface area contributed by atoms with E-state index in [0.717, 1.165) is 0 Å². The second-order valence-electron chi connectivity index (χ2n) is 6.56. The maximum Gasteiger partial charge on any atom is 0.265 e. The molecule has 0 radical (unpaired) electrons. The maximum absolute atomic E-state index is 14.1. The van der Waals surface area contributed by atoms with E-state index in [2.05, 4.69) is 10.3 Å². The number of rotatable bonds is 5. The van der Waals surface area contributed by atoms with Gasteiger partial charge in [0.15, 0.2) is 0 Å². The monoisotopic (exact) mass is 353 g/mol. The van der Waals surface area contributed by atoms with Crippen molar-refractivity contribution in [3.05, 3.63) is 76.0 Å². The number of amides is 1. The quantitative estimate of drug-likeness (QED) is 0.767. The number of fused-ring (bicyclic) bond motifs is 1. The Hall–Kier alpha value is -3.02. The summed E-state index contributed by atoms with van der Waals surface area (Å²) in [6.45, 7) is 4.42. The minimum atomic E-state index is -0.485. The first-order chi connectivity index (χ1) is 12.5. The van der Waals surface area contributed by atoms with E-state index in [4.69, 9.17) is 0 Å². The fourth-order valence-corrected chi connectivity index (χ4v) is 2.70. The van der Waals surface area contributed by atoms with Crippen molar-refractivity contribution in [1.29, 1.82) is 0 Å². The predicted octanol–water partition coefficient (Wildman–Crippen LogP) is 2.97. The molecule has 2 heterocycles. The van der Waals surface area contributed by atoms with Crippen molar-refractivity contribution in [2.45, 2.75) is 20.4 Å². The number of nitrogens with one attached hydrogen (secondary N) is 1. The van der Waals surface area contributed by atoms with E-state index >= 15 is 0 Å². The van der Waals surface area contributed by atoms with Crippen LogP contribution in [0.25, 0.3) is 11.0 Å². The molecule has 3 aromatic rings. The Labute approximate surface area is 150 Å². The van der Waals surface area contributed by atoms with E-state index in [9.17, 15) is 14.0 Å². The first kappa shape index (κ1) is 17.8. The molecule has 1 amide bonds. The van der Waals surface area contributed by atoms with Gasteiger partial charge in [0.2, 0.25) is 0 Å². The second-order valence-corrected chi connectivity index (χ2v) is 6.56. The van der Waals surface area contributed by atoms with Crippen molar-refractivity contribution in [2.75, 3.05) is 6.54 Å². The van der Waals surface area contributed by atoms with Crippen LogP contribution in [0.4, 0.5) is 4.39 Å². The summed E-state index contributed by atoms with van der Waals surface area (Å²) in [5.41, 5.74) is 0.325. The number of carbonyl (C=O) groups excluding carboxylic acids is 1. The number of hydrogen-bond acceptors (Lipinski definition) is 3. The van der Waals surface area contributed by atoms with Gasteiger partial charge in [0.25, 0.3) is 11.5 Å². The Kier molecular flexibility index (Phi) is 5.11. The predicted molar refractivity (Wildman–Crippen MR) is 98.7 cm³/mol. The van der Waals surface area contributed by atoms with Crippen molar-refractivity contribution >= 4 is 16.9 Å². The normalized spacial score (nSPS) is 11.1. The highest BCUT2D eigenvalue weighted by molar-refractivity contribution is 5.96. The van der Waals surface area contributed by atoms with Crippen LogP contribution >= 0.6 is 0 Å². The lowest BCUT2D eigenvalue weighted by Crippen LogP contribution is -2.35. The van der Waals surface area contributed by atoms with Crippen LogP contribution < -0.4 is 10.9 Å². The molecule has 0 atom stereocenters. The van der Waals surface area contributed by atoms with Crippen LogP contribution in [0, 0.1) is 11.7 Å². The topological polar surface area (TPSA) is 64.0 Å². The number of nitrogens with zero attached hydrogens (tertiary/aromatic N) is 2. The fraction of sp³-hybridized carbons (Fsp3) is 0.250. The molecule has 0 spiro atoms. The smallest absolute Gasteiger partial charge is 0.265 e. The highest BCUT2D eigenvalue weighted by Crippen LogP contribution is 2.14. The molecular weight excluding hydrogens is 333 g/mol. The summed E-state index contributed by atoms with van der Waals surface area (Å²) in [5.74, 6) is -0.573. The molecule has 5 nitrogen and oxygen atoms in total. The van der Waals surface area contributed by atoms with Gasteiger partial charge in [-0.25, -0.2) is 9.37 Å². The second kappa shape index (κ2) is 7.47. The number of benzene rings is 1. The molecule has 1 aromatic carbocycles. The fourth-order valence-electron chi connectivity index (χ4n) is 2.70. The van der Waals surface area contributed by atoms with E-state index in [1.54, 1.807) is 36.5 Å². The Bertz CT molecular complexity index is 1010. The van der Waals surface area contributed by atoms with Crippen molar-refractivity contribution in [3.63, 3.8) is 0 Å². The van der Waals surface area contributed by atoms with E-state index in [-0.39, 0.29) is 18.0 Å². The number of halogens is 1. The summed E-state index contributed by atoms with van der Waals surface area (Å²) in [5, 5.41) is 3.41. The molecule has 26 heavy (non-hydrogen) atoms. The molecule has 0 aliphatic heterocycles. The molecule has 0 saturated heterocycles. The minimum absolute atomic E-state index is 0.00429. The SMILES string of the molecule is CC(C)CNC(=O)c1cc2cccnc2n(Cc2ccccc2F)c1=O. The van der Waals surface area contributed by atoms with E-state index in [0.29, 0.717) is 23.1 Å². The summed E-state index contributed by atoms with van der Waals surface area (Å²) in [7, 11) is 0. The zero-order valence-corrected chi connectivity index (χ0v) is 14.7. The van der Waals surface area contributed by atoms with Gasteiger partial charge < -0.3 is 5.32 Å². The third-order valence-electron chi connectivity index (χ3n) is 4.05. The highest BCUT2D eigenvalue weighted by Gasteiger charge is 2.17. The Balaban J connectivity index is 2.11. The average Bonchev–Trinajstić information content (AvgIpc) is 2.63. The summed E-state index contributed by atoms with van der Waals surface area (Å²) in [6.07, 6.45) is 1.57. The van der Waals surface area contributed by atoms with E-state index in [1.807, 2.05) is 13.8 Å². The molecule has 0 aliphatic rings. The molecule has 0 aliphatic carbocycles. The Morgan fingerprint density at radius 3 is 2.73 bits per heavy atom. The third kappa shape index (κ3) is 3.64. The highest BCUT2D eigenvalue weighted by atomic mass is 19.1. The minimum Gasteiger partial charge on any atom is -0.352 e. The summed E-state index contributed by atoms with van der Waals surface area (Å²) in [4.78, 5) is 29.6. The van der Waals surface area contributed by atoms with Crippen LogP contribution in [-0.2, 0) is 6.54 Å². The van der Waals surface area contributed by atoms with E-state index < -0.39 is 17.3 Å². The lowest BCUT2D eigenvalue weighted by Gasteiger charge is -2.13. The third-order valence-corrected chi connectivity index (χ3v) is 4.05. The molecule has 2 aromatic heterocycles. The van der Waals surface area contributed by atoms with Crippen LogP contribution in [0.1, 0.15) is 29.8 Å². The van der Waals surface area contributed by atoms with Gasteiger partial charge in [-0.15, -0.1) is 0 Å². The maximum atomic E-state index is 14.1. The molecule has 3 rings (SSSR count). The Morgan fingerprint density at radius 2 is 2.00 bits per heavy atom. The Morgan fingerprint density at radius 1 is 1.23 bits per heavy atom. The van der Waals surface area contributed by atoms with Gasteiger partial charge in [0.05, 0.1) is 6.54 Å². The number of pyridine rings is 2. The molecule has 0 bridgehead atoms. The molecule has 6 heteroatoms. The van der Waals surface area contributed by atoms with E-state index in [1.165, 1.54) is 16.7 Å². The number of carbonyl (C=O) groups is 1. The van der Waals surface area contributed by atoms with Gasteiger partial charge in [-0.3, -0.25) is 14.2 Å². The lowest BCUT2D eigenvalue weighted by atomic mass is 10.1. The molecule has 1 N–H and O–H groups in total. The molecule has 0 fully saturated rings. The van der Waals surface area contributed by atoms with Crippen molar-refractivity contribution in [3.8, 4) is 0 Å². The van der Waals surface area contributed by atoms with Gasteiger partial charge in [0.1, 0.15) is 17.0 Å². The first-order valence-corrected chi connectivity index (χ1v) is 8.47. The van der Waals surface area contributed by atoms with Crippen molar-refractivity contribution in [1.82, 2.24) is 14.9 Å². The zero-order valence-electron chi connectivity index (χ0n) is 14.7. The van der Waals surface area contributed by atoms with Gasteiger partial charge >= 0.3 is 0 Å². The molecule has 0 saturated carbocycles. The largest absolute Gasteiger partial charge is 0.352 e. The zero-order chi connectivity index (χ0) is 18.7. The first-order valence-electron chi connectivity index (χ1n) is 8.47. The van der Waals surface area contributed by atoms with Gasteiger partial charge in [-0.05, 0) is 30.2 Å². The van der Waals surface area contributed by atoms with Gasteiger partial charge in [-0.1, -0.05) is 32.0 Å². The van der Waals surface area contributed by atoms with Gasteiger partial charge in [0, 0.05) is 23.7 Å². The van der Waals surface area contributed by atoms with Crippen LogP contribution in [0.2, 0.25) is 0 Å².